The third kappa shape index (κ3) is 4.05. The molecule has 1 atom stereocenters. The first kappa shape index (κ1) is 14.0. The number of hydrogen-bond acceptors (Lipinski definition) is 3. The Labute approximate surface area is 118 Å². The second kappa shape index (κ2) is 6.66. The molecule has 1 aromatic carbocycles. The van der Waals surface area contributed by atoms with Gasteiger partial charge in [0.1, 0.15) is 0 Å². The van der Waals surface area contributed by atoms with Gasteiger partial charge in [-0.15, -0.1) is 0 Å². The van der Waals surface area contributed by atoms with Crippen molar-refractivity contribution in [3.63, 3.8) is 0 Å². The van der Waals surface area contributed by atoms with Gasteiger partial charge in [0.05, 0.1) is 0 Å². The van der Waals surface area contributed by atoms with Gasteiger partial charge in [0, 0.05) is 43.2 Å². The van der Waals surface area contributed by atoms with E-state index in [2.05, 4.69) is 69.4 Å². The van der Waals surface area contributed by atoms with E-state index >= 15 is 0 Å². The molecular weight excluding hydrogens is 290 g/mol. The Kier molecular flexibility index (Phi) is 5.18. The van der Waals surface area contributed by atoms with Gasteiger partial charge in [0.25, 0.3) is 0 Å². The Hall–Kier alpha value is -0.420. The fourth-order valence-electron chi connectivity index (χ4n) is 2.31. The minimum absolute atomic E-state index is 0.624. The summed E-state index contributed by atoms with van der Waals surface area (Å²) < 4.78 is 1.14. The quantitative estimate of drug-likeness (QED) is 0.914. The molecule has 0 bridgehead atoms. The molecule has 1 aromatic rings. The van der Waals surface area contributed by atoms with Crippen molar-refractivity contribution in [1.82, 2.24) is 15.1 Å². The molecule has 1 fully saturated rings. The smallest absolute Gasteiger partial charge is 0.0345 e. The zero-order valence-corrected chi connectivity index (χ0v) is 12.8. The summed E-state index contributed by atoms with van der Waals surface area (Å²) in [6, 6.07) is 9.13. The van der Waals surface area contributed by atoms with Crippen LogP contribution in [0.25, 0.3) is 0 Å². The number of benzene rings is 1. The third-order valence-corrected chi connectivity index (χ3v) is 4.13. The van der Waals surface area contributed by atoms with Crippen LogP contribution in [0.15, 0.2) is 28.7 Å². The molecule has 3 nitrogen and oxygen atoms in total. The van der Waals surface area contributed by atoms with Gasteiger partial charge in [0.2, 0.25) is 0 Å². The van der Waals surface area contributed by atoms with Crippen LogP contribution in [0, 0.1) is 0 Å². The van der Waals surface area contributed by atoms with E-state index in [1.807, 2.05) is 0 Å². The Bertz CT molecular complexity index is 366. The maximum atomic E-state index is 3.56. The largest absolute Gasteiger partial charge is 0.311 e. The predicted octanol–water partition coefficient (Wildman–Crippen LogP) is 1.78. The van der Waals surface area contributed by atoms with Crippen molar-refractivity contribution in [3.8, 4) is 0 Å². The Morgan fingerprint density at radius 1 is 1.22 bits per heavy atom. The Morgan fingerprint density at radius 3 is 2.67 bits per heavy atom. The van der Waals surface area contributed by atoms with E-state index in [9.17, 15) is 0 Å². The van der Waals surface area contributed by atoms with Crippen LogP contribution < -0.4 is 5.32 Å². The molecule has 18 heavy (non-hydrogen) atoms. The maximum Gasteiger partial charge on any atom is 0.0345 e. The molecule has 1 saturated heterocycles. The van der Waals surface area contributed by atoms with E-state index in [4.69, 9.17) is 0 Å². The zero-order chi connectivity index (χ0) is 13.0. The molecule has 4 heteroatoms. The highest BCUT2D eigenvalue weighted by Gasteiger charge is 2.21. The van der Waals surface area contributed by atoms with Gasteiger partial charge in [-0.1, -0.05) is 28.1 Å². The molecule has 2 rings (SSSR count). The lowest BCUT2D eigenvalue weighted by Gasteiger charge is -2.37. The summed E-state index contributed by atoms with van der Waals surface area (Å²) in [5.74, 6) is 0. The van der Waals surface area contributed by atoms with E-state index < -0.39 is 0 Å². The number of piperazine rings is 1. The average molecular weight is 312 g/mol. The minimum atomic E-state index is 0.624. The van der Waals surface area contributed by atoms with Crippen molar-refractivity contribution in [2.24, 2.45) is 0 Å². The van der Waals surface area contributed by atoms with Crippen LogP contribution in [0.3, 0.4) is 0 Å². The van der Waals surface area contributed by atoms with Crippen LogP contribution in [0.2, 0.25) is 0 Å². The molecule has 0 aliphatic carbocycles. The Morgan fingerprint density at radius 2 is 1.94 bits per heavy atom. The van der Waals surface area contributed by atoms with Crippen LogP contribution >= 0.6 is 15.9 Å². The van der Waals surface area contributed by atoms with Crippen LogP contribution in [0.4, 0.5) is 0 Å². The summed E-state index contributed by atoms with van der Waals surface area (Å²) in [6.07, 6.45) is 0. The normalized spacial score (nSPS) is 22.3. The maximum absolute atomic E-state index is 3.56. The monoisotopic (exact) mass is 311 g/mol. The van der Waals surface area contributed by atoms with Gasteiger partial charge in [-0.05, 0) is 31.8 Å². The SMILES string of the molecule is CN1CCN(C)C(CNCc2ccc(Br)cc2)C1. The van der Waals surface area contributed by atoms with E-state index in [0.717, 1.165) is 24.1 Å². The number of nitrogens with zero attached hydrogens (tertiary/aromatic N) is 2. The highest BCUT2D eigenvalue weighted by molar-refractivity contribution is 9.10. The molecule has 1 aliphatic heterocycles. The highest BCUT2D eigenvalue weighted by atomic mass is 79.9. The molecule has 1 heterocycles. The van der Waals surface area contributed by atoms with E-state index in [1.165, 1.54) is 18.7 Å². The minimum Gasteiger partial charge on any atom is -0.311 e. The van der Waals surface area contributed by atoms with E-state index in [-0.39, 0.29) is 0 Å². The molecule has 1 N–H and O–H groups in total. The number of nitrogens with one attached hydrogen (secondary N) is 1. The lowest BCUT2D eigenvalue weighted by Crippen LogP contribution is -2.53. The summed E-state index contributed by atoms with van der Waals surface area (Å²) >= 11 is 3.46. The molecule has 0 radical (unpaired) electrons. The molecule has 1 aliphatic rings. The van der Waals surface area contributed by atoms with Crippen molar-refractivity contribution in [3.05, 3.63) is 34.3 Å². The molecule has 0 saturated carbocycles. The average Bonchev–Trinajstić information content (AvgIpc) is 2.36. The Balaban J connectivity index is 1.76. The molecule has 1 unspecified atom stereocenters. The van der Waals surface area contributed by atoms with Crippen molar-refractivity contribution in [1.29, 1.82) is 0 Å². The van der Waals surface area contributed by atoms with Crippen molar-refractivity contribution in [2.45, 2.75) is 12.6 Å². The summed E-state index contributed by atoms with van der Waals surface area (Å²) in [7, 11) is 4.42. The van der Waals surface area contributed by atoms with Gasteiger partial charge in [-0.25, -0.2) is 0 Å². The van der Waals surface area contributed by atoms with Crippen LogP contribution in [-0.2, 0) is 6.54 Å². The van der Waals surface area contributed by atoms with Gasteiger partial charge < -0.3 is 10.2 Å². The summed E-state index contributed by atoms with van der Waals surface area (Å²) in [5.41, 5.74) is 1.34. The number of rotatable bonds is 4. The van der Waals surface area contributed by atoms with E-state index in [0.29, 0.717) is 6.04 Å². The second-order valence-electron chi connectivity index (χ2n) is 5.15. The highest BCUT2D eigenvalue weighted by Crippen LogP contribution is 2.10. The van der Waals surface area contributed by atoms with Crippen LogP contribution in [-0.4, -0.2) is 56.1 Å². The van der Waals surface area contributed by atoms with E-state index in [1.54, 1.807) is 0 Å². The number of halogens is 1. The lowest BCUT2D eigenvalue weighted by atomic mass is 10.1. The molecule has 0 spiro atoms. The second-order valence-corrected chi connectivity index (χ2v) is 6.07. The first-order valence-electron chi connectivity index (χ1n) is 6.49. The lowest BCUT2D eigenvalue weighted by molar-refractivity contribution is 0.113. The number of likely N-dealkylation sites (N-methyl/N-ethyl adjacent to an activating group) is 2. The zero-order valence-electron chi connectivity index (χ0n) is 11.2. The predicted molar refractivity (Wildman–Crippen MR) is 79.8 cm³/mol. The first-order chi connectivity index (χ1) is 8.65. The summed E-state index contributed by atoms with van der Waals surface area (Å²) in [6.45, 7) is 5.50. The molecule has 0 amide bonds. The third-order valence-electron chi connectivity index (χ3n) is 3.60. The van der Waals surface area contributed by atoms with Gasteiger partial charge in [-0.2, -0.15) is 0 Å². The van der Waals surface area contributed by atoms with Gasteiger partial charge >= 0.3 is 0 Å². The first-order valence-corrected chi connectivity index (χ1v) is 7.28. The van der Waals surface area contributed by atoms with Crippen LogP contribution in [0.5, 0.6) is 0 Å². The fraction of sp³-hybridized carbons (Fsp3) is 0.571. The molecular formula is C14H22BrN3. The molecule has 100 valence electrons. The summed E-state index contributed by atoms with van der Waals surface area (Å²) in [4.78, 5) is 4.86. The summed E-state index contributed by atoms with van der Waals surface area (Å²) in [5, 5.41) is 3.56. The number of hydrogen-bond donors (Lipinski definition) is 1. The van der Waals surface area contributed by atoms with Gasteiger partial charge in [-0.3, -0.25) is 4.90 Å². The molecule has 0 aromatic heterocycles. The standard InChI is InChI=1S/C14H22BrN3/c1-17-7-8-18(2)14(11-17)10-16-9-12-3-5-13(15)6-4-12/h3-6,14,16H,7-11H2,1-2H3. The van der Waals surface area contributed by atoms with Crippen LogP contribution in [0.1, 0.15) is 5.56 Å². The van der Waals surface area contributed by atoms with Crippen molar-refractivity contribution >= 4 is 15.9 Å². The topological polar surface area (TPSA) is 18.5 Å². The van der Waals surface area contributed by atoms with Crippen molar-refractivity contribution < 1.29 is 0 Å². The fourth-order valence-corrected chi connectivity index (χ4v) is 2.57. The van der Waals surface area contributed by atoms with Crippen molar-refractivity contribution in [2.75, 3.05) is 40.3 Å². The van der Waals surface area contributed by atoms with Gasteiger partial charge in [0.15, 0.2) is 0 Å².